The highest BCUT2D eigenvalue weighted by Gasteiger charge is 2.23. The summed E-state index contributed by atoms with van der Waals surface area (Å²) in [5, 5.41) is 0.926. The number of carbonyl (C=O) groups is 1. The molecule has 112 valence electrons. The van der Waals surface area contributed by atoms with Gasteiger partial charge in [-0.1, -0.05) is 20.8 Å². The molecule has 0 N–H and O–H groups in total. The van der Waals surface area contributed by atoms with Crippen LogP contribution < -0.4 is 9.64 Å². The molecule has 1 amide bonds. The number of hydrogen-bond donors (Lipinski definition) is 0. The highest BCUT2D eigenvalue weighted by molar-refractivity contribution is 7.13. The second-order valence-corrected chi connectivity index (χ2v) is 6.60. The van der Waals surface area contributed by atoms with Crippen molar-refractivity contribution in [3.05, 3.63) is 28.5 Å². The van der Waals surface area contributed by atoms with Gasteiger partial charge in [0.1, 0.15) is 4.88 Å². The van der Waals surface area contributed by atoms with E-state index in [2.05, 4.69) is 35.7 Å². The van der Waals surface area contributed by atoms with Gasteiger partial charge in [0.05, 0.1) is 30.7 Å². The van der Waals surface area contributed by atoms with Crippen molar-refractivity contribution in [2.24, 2.45) is 0 Å². The van der Waals surface area contributed by atoms with E-state index >= 15 is 0 Å². The molecule has 0 spiro atoms. The van der Waals surface area contributed by atoms with Crippen LogP contribution in [0, 0.1) is 0 Å². The van der Waals surface area contributed by atoms with Gasteiger partial charge in [0.25, 0.3) is 5.91 Å². The van der Waals surface area contributed by atoms with Crippen LogP contribution in [0.15, 0.2) is 18.6 Å². The van der Waals surface area contributed by atoms with Gasteiger partial charge in [-0.2, -0.15) is 0 Å². The van der Waals surface area contributed by atoms with E-state index in [4.69, 9.17) is 4.74 Å². The van der Waals surface area contributed by atoms with Gasteiger partial charge in [0, 0.05) is 12.5 Å². The molecule has 0 saturated heterocycles. The molecule has 0 bridgehead atoms. The Morgan fingerprint density at radius 3 is 2.29 bits per heavy atom. The van der Waals surface area contributed by atoms with Crippen LogP contribution in [0.4, 0.5) is 5.95 Å². The van der Waals surface area contributed by atoms with Crippen LogP contribution in [0.5, 0.6) is 5.75 Å². The van der Waals surface area contributed by atoms with Gasteiger partial charge < -0.3 is 4.74 Å². The average molecular weight is 306 g/mol. The Balaban J connectivity index is 2.20. The molecular formula is C14H18N4O2S. The molecule has 7 heteroatoms. The number of aromatic nitrogens is 3. The SMILES string of the molecule is COc1cnc(N(C)C(=O)c2cnc(C(C)(C)C)s2)nc1. The van der Waals surface area contributed by atoms with Crippen molar-refractivity contribution in [3.8, 4) is 5.75 Å². The Morgan fingerprint density at radius 2 is 1.81 bits per heavy atom. The second kappa shape index (κ2) is 5.77. The minimum absolute atomic E-state index is 0.0711. The normalized spacial score (nSPS) is 11.3. The van der Waals surface area contributed by atoms with Crippen LogP contribution in [0.1, 0.15) is 35.5 Å². The van der Waals surface area contributed by atoms with Gasteiger partial charge in [0.15, 0.2) is 5.75 Å². The molecule has 0 aliphatic rings. The highest BCUT2D eigenvalue weighted by Crippen LogP contribution is 2.27. The molecular weight excluding hydrogens is 288 g/mol. The summed E-state index contributed by atoms with van der Waals surface area (Å²) in [6, 6.07) is 0. The first-order valence-electron chi connectivity index (χ1n) is 6.43. The third kappa shape index (κ3) is 3.36. The molecule has 6 nitrogen and oxygen atoms in total. The van der Waals surface area contributed by atoms with Crippen molar-refractivity contribution in [2.45, 2.75) is 26.2 Å². The smallest absolute Gasteiger partial charge is 0.272 e. The van der Waals surface area contributed by atoms with Gasteiger partial charge >= 0.3 is 0 Å². The molecule has 0 atom stereocenters. The molecule has 0 aliphatic heterocycles. The molecule has 0 fully saturated rings. The third-order valence-corrected chi connectivity index (χ3v) is 4.22. The second-order valence-electron chi connectivity index (χ2n) is 5.57. The van der Waals surface area contributed by atoms with Crippen molar-refractivity contribution in [1.82, 2.24) is 15.0 Å². The zero-order chi connectivity index (χ0) is 15.6. The minimum Gasteiger partial charge on any atom is -0.494 e. The lowest BCUT2D eigenvalue weighted by molar-refractivity contribution is 0.0995. The van der Waals surface area contributed by atoms with E-state index in [0.717, 1.165) is 5.01 Å². The number of methoxy groups -OCH3 is 1. The van der Waals surface area contributed by atoms with E-state index in [1.165, 1.54) is 28.6 Å². The summed E-state index contributed by atoms with van der Waals surface area (Å²) in [6.07, 6.45) is 4.66. The predicted molar refractivity (Wildman–Crippen MR) is 82.1 cm³/mol. The largest absolute Gasteiger partial charge is 0.494 e. The Morgan fingerprint density at radius 1 is 1.19 bits per heavy atom. The third-order valence-electron chi connectivity index (χ3n) is 2.81. The van der Waals surface area contributed by atoms with E-state index in [-0.39, 0.29) is 11.3 Å². The average Bonchev–Trinajstić information content (AvgIpc) is 2.95. The van der Waals surface area contributed by atoms with E-state index in [1.54, 1.807) is 20.4 Å². The van der Waals surface area contributed by atoms with Crippen LogP contribution in [0.2, 0.25) is 0 Å². The van der Waals surface area contributed by atoms with E-state index in [1.807, 2.05) is 0 Å². The van der Waals surface area contributed by atoms with Crippen LogP contribution in [-0.4, -0.2) is 35.0 Å². The van der Waals surface area contributed by atoms with Crippen molar-refractivity contribution in [3.63, 3.8) is 0 Å². The first kappa shape index (κ1) is 15.4. The Kier molecular flexibility index (Phi) is 4.22. The summed E-state index contributed by atoms with van der Waals surface area (Å²) in [6.45, 7) is 6.20. The monoisotopic (exact) mass is 306 g/mol. The van der Waals surface area contributed by atoms with Crippen molar-refractivity contribution < 1.29 is 9.53 Å². The maximum atomic E-state index is 12.4. The number of amides is 1. The maximum Gasteiger partial charge on any atom is 0.272 e. The highest BCUT2D eigenvalue weighted by atomic mass is 32.1. The van der Waals surface area contributed by atoms with Crippen LogP contribution in [0.3, 0.4) is 0 Å². The van der Waals surface area contributed by atoms with Gasteiger partial charge in [-0.05, 0) is 0 Å². The number of hydrogen-bond acceptors (Lipinski definition) is 6. The fourth-order valence-corrected chi connectivity index (χ4v) is 2.51. The number of nitrogens with zero attached hydrogens (tertiary/aromatic N) is 4. The van der Waals surface area contributed by atoms with Crippen molar-refractivity contribution >= 4 is 23.2 Å². The summed E-state index contributed by atoms with van der Waals surface area (Å²) < 4.78 is 5.00. The molecule has 0 saturated carbocycles. The topological polar surface area (TPSA) is 68.2 Å². The summed E-state index contributed by atoms with van der Waals surface area (Å²) in [5.74, 6) is 0.701. The Labute approximate surface area is 127 Å². The quantitative estimate of drug-likeness (QED) is 0.871. The van der Waals surface area contributed by atoms with Gasteiger partial charge in [-0.3, -0.25) is 9.69 Å². The summed E-state index contributed by atoms with van der Waals surface area (Å²) >= 11 is 1.40. The summed E-state index contributed by atoms with van der Waals surface area (Å²) in [4.78, 5) is 26.9. The number of carbonyl (C=O) groups excluding carboxylic acids is 1. The Bertz CT molecular complexity index is 631. The number of rotatable bonds is 3. The first-order valence-corrected chi connectivity index (χ1v) is 7.25. The lowest BCUT2D eigenvalue weighted by atomic mass is 9.98. The van der Waals surface area contributed by atoms with Crippen molar-refractivity contribution in [1.29, 1.82) is 0 Å². The lowest BCUT2D eigenvalue weighted by Crippen LogP contribution is -2.27. The zero-order valence-electron chi connectivity index (χ0n) is 12.7. The molecule has 2 rings (SSSR count). The fraction of sp³-hybridized carbons (Fsp3) is 0.429. The standard InChI is InChI=1S/C14H18N4O2S/c1-14(2,3)12-15-8-10(21-12)11(19)18(4)13-16-6-9(20-5)7-17-13/h6-8H,1-5H3. The van der Waals surface area contributed by atoms with Crippen LogP contribution >= 0.6 is 11.3 Å². The van der Waals surface area contributed by atoms with E-state index in [9.17, 15) is 4.79 Å². The molecule has 21 heavy (non-hydrogen) atoms. The summed E-state index contributed by atoms with van der Waals surface area (Å²) in [5.41, 5.74) is -0.0711. The van der Waals surface area contributed by atoms with Crippen LogP contribution in [0.25, 0.3) is 0 Å². The molecule has 2 aromatic rings. The maximum absolute atomic E-state index is 12.4. The molecule has 0 radical (unpaired) electrons. The molecule has 2 aromatic heterocycles. The first-order chi connectivity index (χ1) is 9.82. The predicted octanol–water partition coefficient (Wildman–Crippen LogP) is 2.52. The number of thiazole rings is 1. The molecule has 0 unspecified atom stereocenters. The minimum atomic E-state index is -0.173. The van der Waals surface area contributed by atoms with E-state index < -0.39 is 0 Å². The van der Waals surface area contributed by atoms with Gasteiger partial charge in [-0.25, -0.2) is 15.0 Å². The molecule has 2 heterocycles. The molecule has 0 aliphatic carbocycles. The Hall–Kier alpha value is -2.02. The fourth-order valence-electron chi connectivity index (χ4n) is 1.56. The number of anilines is 1. The number of ether oxygens (including phenoxy) is 1. The summed E-state index contributed by atoms with van der Waals surface area (Å²) in [7, 11) is 3.18. The van der Waals surface area contributed by atoms with Crippen molar-refractivity contribution in [2.75, 3.05) is 19.1 Å². The lowest BCUT2D eigenvalue weighted by Gasteiger charge is -2.15. The van der Waals surface area contributed by atoms with Crippen LogP contribution in [-0.2, 0) is 5.41 Å². The van der Waals surface area contributed by atoms with Gasteiger partial charge in [0.2, 0.25) is 5.95 Å². The van der Waals surface area contributed by atoms with E-state index in [0.29, 0.717) is 16.6 Å². The zero-order valence-corrected chi connectivity index (χ0v) is 13.6. The molecule has 0 aromatic carbocycles. The van der Waals surface area contributed by atoms with Gasteiger partial charge in [-0.15, -0.1) is 11.3 Å².